The van der Waals surface area contributed by atoms with Gasteiger partial charge >= 0.3 is 0 Å². The van der Waals surface area contributed by atoms with Crippen LogP contribution in [0.1, 0.15) is 15.9 Å². The van der Waals surface area contributed by atoms with Gasteiger partial charge in [-0.3, -0.25) is 4.79 Å². The SMILES string of the molecule is Cc1cccc(NC(=O)c2cc(Br)cc(Br)c2)c1. The maximum Gasteiger partial charge on any atom is 0.255 e. The Morgan fingerprint density at radius 2 is 1.72 bits per heavy atom. The normalized spacial score (nSPS) is 10.2. The molecule has 0 fully saturated rings. The molecule has 18 heavy (non-hydrogen) atoms. The summed E-state index contributed by atoms with van der Waals surface area (Å²) < 4.78 is 1.73. The van der Waals surface area contributed by atoms with Crippen LogP contribution in [0.4, 0.5) is 5.69 Å². The van der Waals surface area contributed by atoms with Crippen molar-refractivity contribution in [2.45, 2.75) is 6.92 Å². The molecule has 2 nitrogen and oxygen atoms in total. The lowest BCUT2D eigenvalue weighted by Gasteiger charge is -2.07. The number of halogens is 2. The second-order valence-electron chi connectivity index (χ2n) is 3.98. The highest BCUT2D eigenvalue weighted by molar-refractivity contribution is 9.11. The average Bonchev–Trinajstić information content (AvgIpc) is 2.27. The van der Waals surface area contributed by atoms with E-state index in [2.05, 4.69) is 37.2 Å². The lowest BCUT2D eigenvalue weighted by Crippen LogP contribution is -2.11. The number of carbonyl (C=O) groups excluding carboxylic acids is 1. The second kappa shape index (κ2) is 5.67. The Kier molecular flexibility index (Phi) is 4.19. The molecule has 0 heterocycles. The Morgan fingerprint density at radius 3 is 2.33 bits per heavy atom. The number of aryl methyl sites for hydroxylation is 1. The second-order valence-corrected chi connectivity index (χ2v) is 5.81. The third-order valence-corrected chi connectivity index (χ3v) is 3.32. The zero-order valence-electron chi connectivity index (χ0n) is 9.71. The zero-order chi connectivity index (χ0) is 13.1. The molecule has 0 radical (unpaired) electrons. The summed E-state index contributed by atoms with van der Waals surface area (Å²) in [6.07, 6.45) is 0. The predicted molar refractivity (Wildman–Crippen MR) is 81.0 cm³/mol. The van der Waals surface area contributed by atoms with Crippen molar-refractivity contribution in [3.8, 4) is 0 Å². The van der Waals surface area contributed by atoms with Crippen LogP contribution < -0.4 is 5.32 Å². The molecule has 92 valence electrons. The molecule has 2 aromatic carbocycles. The molecule has 0 spiro atoms. The number of nitrogens with one attached hydrogen (secondary N) is 1. The van der Waals surface area contributed by atoms with Gasteiger partial charge in [-0.15, -0.1) is 0 Å². The van der Waals surface area contributed by atoms with E-state index in [0.29, 0.717) is 5.56 Å². The number of amides is 1. The topological polar surface area (TPSA) is 29.1 Å². The highest BCUT2D eigenvalue weighted by Crippen LogP contribution is 2.21. The van der Waals surface area contributed by atoms with Crippen LogP contribution in [-0.4, -0.2) is 5.91 Å². The summed E-state index contributed by atoms with van der Waals surface area (Å²) in [6.45, 7) is 1.99. The lowest BCUT2D eigenvalue weighted by molar-refractivity contribution is 0.102. The Labute approximate surface area is 123 Å². The first-order chi connectivity index (χ1) is 8.54. The number of rotatable bonds is 2. The third kappa shape index (κ3) is 3.43. The van der Waals surface area contributed by atoms with Crippen LogP contribution in [0.5, 0.6) is 0 Å². The van der Waals surface area contributed by atoms with Gasteiger partial charge < -0.3 is 5.32 Å². The minimum atomic E-state index is -0.123. The summed E-state index contributed by atoms with van der Waals surface area (Å²) in [5.74, 6) is -0.123. The smallest absolute Gasteiger partial charge is 0.255 e. The predicted octanol–water partition coefficient (Wildman–Crippen LogP) is 4.77. The molecule has 1 N–H and O–H groups in total. The Balaban J connectivity index is 2.22. The van der Waals surface area contributed by atoms with Gasteiger partial charge in [-0.1, -0.05) is 44.0 Å². The largest absolute Gasteiger partial charge is 0.322 e. The van der Waals surface area contributed by atoms with E-state index in [1.807, 2.05) is 37.3 Å². The van der Waals surface area contributed by atoms with Gasteiger partial charge in [0.15, 0.2) is 0 Å². The number of hydrogen-bond donors (Lipinski definition) is 1. The standard InChI is InChI=1S/C14H11Br2NO/c1-9-3-2-4-13(5-9)17-14(18)10-6-11(15)8-12(16)7-10/h2-8H,1H3,(H,17,18). The van der Waals surface area contributed by atoms with Crippen LogP contribution in [0.15, 0.2) is 51.4 Å². The zero-order valence-corrected chi connectivity index (χ0v) is 12.9. The summed E-state index contributed by atoms with van der Waals surface area (Å²) in [4.78, 5) is 12.1. The average molecular weight is 369 g/mol. The van der Waals surface area contributed by atoms with Crippen molar-refractivity contribution in [2.24, 2.45) is 0 Å². The number of hydrogen-bond acceptors (Lipinski definition) is 1. The first-order valence-corrected chi connectivity index (χ1v) is 6.97. The Morgan fingerprint density at radius 1 is 1.06 bits per heavy atom. The van der Waals surface area contributed by atoms with Crippen LogP contribution in [0.25, 0.3) is 0 Å². The third-order valence-electron chi connectivity index (χ3n) is 2.40. The van der Waals surface area contributed by atoms with Crippen molar-refractivity contribution in [1.82, 2.24) is 0 Å². The maximum absolute atomic E-state index is 12.1. The van der Waals surface area contributed by atoms with Gasteiger partial charge in [0.2, 0.25) is 0 Å². The van der Waals surface area contributed by atoms with Crippen LogP contribution in [0.2, 0.25) is 0 Å². The molecule has 2 rings (SSSR count). The summed E-state index contributed by atoms with van der Waals surface area (Å²) >= 11 is 6.74. The Bertz CT molecular complexity index is 576. The first kappa shape index (κ1) is 13.3. The minimum Gasteiger partial charge on any atom is -0.322 e. The summed E-state index contributed by atoms with van der Waals surface area (Å²) in [7, 11) is 0. The highest BCUT2D eigenvalue weighted by Gasteiger charge is 2.07. The highest BCUT2D eigenvalue weighted by atomic mass is 79.9. The summed E-state index contributed by atoms with van der Waals surface area (Å²) in [5, 5.41) is 2.87. The van der Waals surface area contributed by atoms with Gasteiger partial charge in [-0.05, 0) is 42.8 Å². The number of benzene rings is 2. The van der Waals surface area contributed by atoms with Crippen molar-refractivity contribution >= 4 is 43.5 Å². The van der Waals surface area contributed by atoms with E-state index in [4.69, 9.17) is 0 Å². The fraction of sp³-hybridized carbons (Fsp3) is 0.0714. The molecule has 2 aromatic rings. The van der Waals surface area contributed by atoms with Gasteiger partial charge in [0.05, 0.1) is 0 Å². The number of anilines is 1. The molecule has 0 aliphatic carbocycles. The van der Waals surface area contributed by atoms with Crippen molar-refractivity contribution in [2.75, 3.05) is 5.32 Å². The van der Waals surface area contributed by atoms with Crippen LogP contribution in [0, 0.1) is 6.92 Å². The van der Waals surface area contributed by atoms with Crippen molar-refractivity contribution in [3.05, 3.63) is 62.5 Å². The Hall–Kier alpha value is -1.13. The maximum atomic E-state index is 12.1. The molecule has 0 aliphatic heterocycles. The molecule has 0 saturated heterocycles. The van der Waals surface area contributed by atoms with Gasteiger partial charge in [0, 0.05) is 20.2 Å². The molecule has 0 atom stereocenters. The van der Waals surface area contributed by atoms with Crippen LogP contribution in [0.3, 0.4) is 0 Å². The minimum absolute atomic E-state index is 0.123. The van der Waals surface area contributed by atoms with Crippen molar-refractivity contribution in [3.63, 3.8) is 0 Å². The van der Waals surface area contributed by atoms with Crippen LogP contribution >= 0.6 is 31.9 Å². The van der Waals surface area contributed by atoms with Crippen molar-refractivity contribution in [1.29, 1.82) is 0 Å². The van der Waals surface area contributed by atoms with E-state index < -0.39 is 0 Å². The van der Waals surface area contributed by atoms with Crippen molar-refractivity contribution < 1.29 is 4.79 Å². The molecular weight excluding hydrogens is 358 g/mol. The van der Waals surface area contributed by atoms with E-state index in [0.717, 1.165) is 20.2 Å². The molecule has 0 aliphatic rings. The van der Waals surface area contributed by atoms with E-state index in [1.54, 1.807) is 12.1 Å². The van der Waals surface area contributed by atoms with Gasteiger partial charge in [-0.2, -0.15) is 0 Å². The first-order valence-electron chi connectivity index (χ1n) is 5.39. The summed E-state index contributed by atoms with van der Waals surface area (Å²) in [5.41, 5.74) is 2.53. The molecule has 0 bridgehead atoms. The summed E-state index contributed by atoms with van der Waals surface area (Å²) in [6, 6.07) is 13.2. The van der Waals surface area contributed by atoms with Crippen LogP contribution in [-0.2, 0) is 0 Å². The fourth-order valence-corrected chi connectivity index (χ4v) is 2.90. The molecule has 1 amide bonds. The quantitative estimate of drug-likeness (QED) is 0.812. The molecule has 4 heteroatoms. The van der Waals surface area contributed by atoms with Gasteiger partial charge in [0.25, 0.3) is 5.91 Å². The lowest BCUT2D eigenvalue weighted by atomic mass is 10.2. The van der Waals surface area contributed by atoms with Gasteiger partial charge in [0.1, 0.15) is 0 Å². The van der Waals surface area contributed by atoms with E-state index in [9.17, 15) is 4.79 Å². The molecule has 0 aromatic heterocycles. The number of carbonyl (C=O) groups is 1. The van der Waals surface area contributed by atoms with E-state index in [1.165, 1.54) is 0 Å². The fourth-order valence-electron chi connectivity index (χ4n) is 1.61. The molecule has 0 saturated carbocycles. The molecular formula is C14H11Br2NO. The monoisotopic (exact) mass is 367 g/mol. The van der Waals surface area contributed by atoms with Gasteiger partial charge in [-0.25, -0.2) is 0 Å². The van der Waals surface area contributed by atoms with E-state index >= 15 is 0 Å². The molecule has 0 unspecified atom stereocenters. The van der Waals surface area contributed by atoms with E-state index in [-0.39, 0.29) is 5.91 Å².